The van der Waals surface area contributed by atoms with Crippen molar-refractivity contribution >= 4 is 207 Å². The van der Waals surface area contributed by atoms with E-state index in [0.717, 1.165) is 0 Å². The summed E-state index contributed by atoms with van der Waals surface area (Å²) in [5.74, 6) is 0. The van der Waals surface area contributed by atoms with Gasteiger partial charge >= 0.3 is 182 Å². The van der Waals surface area contributed by atoms with Crippen molar-refractivity contribution in [2.75, 3.05) is 0 Å². The molecule has 0 aliphatic rings. The average molecular weight is 501 g/mol. The molecule has 128 valence electrons. The zero-order valence-electron chi connectivity index (χ0n) is 12.9. The molecular weight excluding hydrogens is 497 g/mol. The van der Waals surface area contributed by atoms with Gasteiger partial charge in [0, 0.05) is 0 Å². The maximum atomic E-state index is 8.33. The number of hydrogen-bond acceptors (Lipinski definition) is 16. The quantitative estimate of drug-likeness (QED) is 0.278. The fraction of sp³-hybridized carbons (Fsp3) is 0. The third-order valence-electron chi connectivity index (χ3n) is 0. The molecule has 0 aliphatic heterocycles. The van der Waals surface area contributed by atoms with Crippen LogP contribution in [-0.2, 0) is 0 Å². The molecule has 0 aliphatic carbocycles. The van der Waals surface area contributed by atoms with E-state index in [9.17, 15) is 0 Å². The first kappa shape index (κ1) is 101. The topological polar surface area (TPSA) is 373 Å². The molecule has 16 nitrogen and oxygen atoms in total. The number of carbonyl (C=O) groups excluding carboxylic acids is 4. The summed E-state index contributed by atoms with van der Waals surface area (Å²) in [5, 5.41) is 66.7. The smallest absolute Gasteiger partial charge is 0.870 e. The Morgan fingerprint density at radius 3 is 0.346 bits per heavy atom. The number of carbonyl (C=O) groups is 4. The Kier molecular flexibility index (Phi) is 353. The Morgan fingerprint density at radius 2 is 0.346 bits per heavy atom. The summed E-state index contributed by atoms with van der Waals surface area (Å²) in [4.78, 5) is 33.3. The predicted molar refractivity (Wildman–Crippen MR) is 63.9 cm³/mol. The van der Waals surface area contributed by atoms with E-state index in [1.807, 2.05) is 0 Å². The normalized spacial score (nSPS) is 3.69. The van der Waals surface area contributed by atoms with Crippen LogP contribution >= 0.6 is 0 Å². The van der Waals surface area contributed by atoms with Gasteiger partial charge in [0.2, 0.25) is 0 Å². The first-order valence-electron chi connectivity index (χ1n) is 2.45. The van der Waals surface area contributed by atoms with Crippen molar-refractivity contribution in [1.29, 1.82) is 0 Å². The van der Waals surface area contributed by atoms with Crippen molar-refractivity contribution in [3.8, 4) is 0 Å². The van der Waals surface area contributed by atoms with Crippen molar-refractivity contribution in [3.05, 3.63) is 0 Å². The molecule has 22 heteroatoms. The molecule has 0 saturated carbocycles. The molecular formula is C4H4Ca3Mg3O16. The second-order valence-corrected chi connectivity index (χ2v) is 1.00. The summed E-state index contributed by atoms with van der Waals surface area (Å²) in [6, 6.07) is 0. The van der Waals surface area contributed by atoms with Crippen LogP contribution in [-0.4, -0.2) is 229 Å². The molecule has 0 rings (SSSR count). The van der Waals surface area contributed by atoms with Crippen molar-refractivity contribution in [2.45, 2.75) is 0 Å². The second kappa shape index (κ2) is 90.7. The number of rotatable bonds is 0. The van der Waals surface area contributed by atoms with E-state index < -0.39 is 24.6 Å². The van der Waals surface area contributed by atoms with Crippen LogP contribution in [0.2, 0.25) is 0 Å². The predicted octanol–water partition coefficient (Wildman–Crippen LogP) is -12.8. The third-order valence-corrected chi connectivity index (χ3v) is 0. The Hall–Kier alpha value is 3.00. The molecule has 26 heavy (non-hydrogen) atoms. The van der Waals surface area contributed by atoms with E-state index in [0.29, 0.717) is 0 Å². The van der Waals surface area contributed by atoms with Crippen LogP contribution in [0.5, 0.6) is 0 Å². The minimum Gasteiger partial charge on any atom is -0.870 e. The molecule has 0 heterocycles. The molecule has 0 bridgehead atoms. The van der Waals surface area contributed by atoms with Crippen molar-refractivity contribution in [2.24, 2.45) is 0 Å². The van der Waals surface area contributed by atoms with Crippen LogP contribution in [0.4, 0.5) is 19.2 Å². The van der Waals surface area contributed by atoms with Crippen molar-refractivity contribution in [3.63, 3.8) is 0 Å². The largest absolute Gasteiger partial charge is 2.00 e. The van der Waals surface area contributed by atoms with Gasteiger partial charge in [-0.2, -0.15) is 0 Å². The van der Waals surface area contributed by atoms with Crippen LogP contribution < -0.4 is 40.9 Å². The van der Waals surface area contributed by atoms with Crippen molar-refractivity contribution in [1.82, 2.24) is 0 Å². The first-order valence-corrected chi connectivity index (χ1v) is 2.45. The molecule has 0 unspecified atom stereocenters. The summed E-state index contributed by atoms with van der Waals surface area (Å²) in [5.41, 5.74) is 0. The Balaban J connectivity index is -0.00000000545. The Bertz CT molecular complexity index is 181. The fourth-order valence-electron chi connectivity index (χ4n) is 0. The molecule has 0 fully saturated rings. The van der Waals surface area contributed by atoms with E-state index >= 15 is 0 Å². The summed E-state index contributed by atoms with van der Waals surface area (Å²) in [6.07, 6.45) is -9.33. The van der Waals surface area contributed by atoms with Crippen LogP contribution in [0.3, 0.4) is 0 Å². The standard InChI is InChI=1S/4CH2O3.3Ca.3Mg.4H2O/c4*2-1(3)4;;;;;;;;;;/h4*(H2,2,3,4);;;;;;;4*1H2/q;;;;6*+2;;;;/p-12. The molecule has 0 saturated heterocycles. The van der Waals surface area contributed by atoms with Crippen LogP contribution in [0, 0.1) is 0 Å². The van der Waals surface area contributed by atoms with Crippen molar-refractivity contribution < 1.29 is 81.9 Å². The number of carboxylic acid groups (broad SMARTS) is 8. The molecule has 0 amide bonds. The van der Waals surface area contributed by atoms with Gasteiger partial charge in [-0.05, 0) is 24.6 Å². The summed E-state index contributed by atoms with van der Waals surface area (Å²) >= 11 is 0. The maximum absolute atomic E-state index is 8.33. The first-order chi connectivity index (χ1) is 6.93. The van der Waals surface area contributed by atoms with Gasteiger partial charge in [-0.3, -0.25) is 0 Å². The third kappa shape index (κ3) is 2030. The molecule has 0 aromatic carbocycles. The van der Waals surface area contributed by atoms with Crippen LogP contribution in [0.15, 0.2) is 0 Å². The van der Waals surface area contributed by atoms with Crippen LogP contribution in [0.1, 0.15) is 0 Å². The van der Waals surface area contributed by atoms with Gasteiger partial charge in [0.15, 0.2) is 0 Å². The zero-order valence-corrected chi connectivity index (χ0v) is 23.8. The fourth-order valence-corrected chi connectivity index (χ4v) is 0. The van der Waals surface area contributed by atoms with E-state index in [-0.39, 0.29) is 204 Å². The molecule has 0 aromatic rings. The minimum absolute atomic E-state index is 0. The molecule has 0 aromatic heterocycles. The zero-order chi connectivity index (χ0) is 14.3. The van der Waals surface area contributed by atoms with E-state index in [1.165, 1.54) is 0 Å². The molecule has 0 atom stereocenters. The number of hydrogen-bond donors (Lipinski definition) is 0. The van der Waals surface area contributed by atoms with Gasteiger partial charge in [-0.15, -0.1) is 0 Å². The summed E-state index contributed by atoms with van der Waals surface area (Å²) < 4.78 is 0. The molecule has 0 radical (unpaired) electrons. The summed E-state index contributed by atoms with van der Waals surface area (Å²) in [6.45, 7) is 0. The van der Waals surface area contributed by atoms with E-state index in [2.05, 4.69) is 0 Å². The summed E-state index contributed by atoms with van der Waals surface area (Å²) in [7, 11) is 0. The van der Waals surface area contributed by atoms with Gasteiger partial charge in [0.25, 0.3) is 0 Å². The Morgan fingerprint density at radius 1 is 0.346 bits per heavy atom. The minimum atomic E-state index is -2.33. The second-order valence-electron chi connectivity index (χ2n) is 1.00. The SMILES string of the molecule is O=C([O-])[O-].O=C([O-])[O-].O=C([O-])[O-].O=C([O-])[O-].[Ca+2].[Ca+2].[Ca+2].[Mg+2].[Mg+2].[Mg+2].[OH-].[OH-].[OH-].[OH-]. The van der Waals surface area contributed by atoms with Gasteiger partial charge < -0.3 is 81.9 Å². The van der Waals surface area contributed by atoms with Crippen LogP contribution in [0.25, 0.3) is 0 Å². The Labute approximate surface area is 283 Å². The van der Waals surface area contributed by atoms with Gasteiger partial charge in [0.05, 0.1) is 0 Å². The average Bonchev–Trinajstić information content (AvgIpc) is 1.76. The van der Waals surface area contributed by atoms with Gasteiger partial charge in [0.1, 0.15) is 0 Å². The van der Waals surface area contributed by atoms with Gasteiger partial charge in [-0.25, -0.2) is 0 Å². The van der Waals surface area contributed by atoms with Gasteiger partial charge in [-0.1, -0.05) is 0 Å². The monoisotopic (exact) mass is 500 g/mol. The van der Waals surface area contributed by atoms with E-state index in [4.69, 9.17) is 60.0 Å². The maximum Gasteiger partial charge on any atom is 2.00 e. The molecule has 4 N–H and O–H groups in total. The molecule has 0 spiro atoms. The van der Waals surface area contributed by atoms with E-state index in [1.54, 1.807) is 0 Å².